The molecule has 0 bridgehead atoms. The van der Waals surface area contributed by atoms with Crippen molar-refractivity contribution in [2.75, 3.05) is 0 Å². The highest BCUT2D eigenvalue weighted by atomic mass is 79.9. The summed E-state index contributed by atoms with van der Waals surface area (Å²) in [6.07, 6.45) is 0. The summed E-state index contributed by atoms with van der Waals surface area (Å²) in [6, 6.07) is 1.92. The molecule has 14 heavy (non-hydrogen) atoms. The number of thiophene rings is 1. The largest absolute Gasteiger partial charge is 0.318 e. The van der Waals surface area contributed by atoms with Gasteiger partial charge in [-0.25, -0.2) is 4.98 Å². The number of aromatic nitrogens is 1. The summed E-state index contributed by atoms with van der Waals surface area (Å²) in [5.41, 5.74) is 7.14. The average Bonchev–Trinajstić information content (AvgIpc) is 2.73. The Morgan fingerprint density at radius 1 is 1.50 bits per heavy atom. The van der Waals surface area contributed by atoms with Crippen LogP contribution in [0, 0.1) is 6.92 Å². The average molecular weight is 289 g/mol. The highest BCUT2D eigenvalue weighted by Crippen LogP contribution is 2.32. The van der Waals surface area contributed by atoms with Crippen molar-refractivity contribution < 1.29 is 0 Å². The van der Waals surface area contributed by atoms with Crippen LogP contribution in [0.4, 0.5) is 0 Å². The van der Waals surface area contributed by atoms with E-state index in [9.17, 15) is 0 Å². The smallest absolute Gasteiger partial charge is 0.115 e. The molecule has 2 aromatic rings. The summed E-state index contributed by atoms with van der Waals surface area (Å²) in [5.74, 6) is 0. The van der Waals surface area contributed by atoms with Crippen molar-refractivity contribution in [2.24, 2.45) is 5.73 Å². The maximum absolute atomic E-state index is 6.10. The Balaban J connectivity index is 2.33. The van der Waals surface area contributed by atoms with Crippen LogP contribution in [0.1, 0.15) is 21.6 Å². The van der Waals surface area contributed by atoms with Gasteiger partial charge in [-0.05, 0) is 34.3 Å². The quantitative estimate of drug-likeness (QED) is 0.921. The van der Waals surface area contributed by atoms with E-state index < -0.39 is 0 Å². The van der Waals surface area contributed by atoms with Crippen LogP contribution < -0.4 is 5.73 Å². The van der Waals surface area contributed by atoms with E-state index in [0.29, 0.717) is 0 Å². The summed E-state index contributed by atoms with van der Waals surface area (Å²) >= 11 is 6.75. The van der Waals surface area contributed by atoms with E-state index in [1.54, 1.807) is 22.7 Å². The lowest BCUT2D eigenvalue weighted by atomic mass is 10.3. The number of hydrogen-bond donors (Lipinski definition) is 1. The molecular formula is C9H9BrN2S2. The molecule has 0 saturated heterocycles. The molecule has 0 fully saturated rings. The summed E-state index contributed by atoms with van der Waals surface area (Å²) in [7, 11) is 0. The predicted molar refractivity (Wildman–Crippen MR) is 64.9 cm³/mol. The van der Waals surface area contributed by atoms with E-state index in [-0.39, 0.29) is 6.04 Å². The molecule has 0 amide bonds. The standard InChI is InChI=1S/C9H9BrN2S2/c1-5-4-14-9(12-5)7(11)8-6(10)2-3-13-8/h2-4,7H,11H2,1H3. The molecule has 2 heterocycles. The molecule has 2 N–H and O–H groups in total. The minimum atomic E-state index is -0.0944. The second kappa shape index (κ2) is 4.10. The maximum atomic E-state index is 6.10. The van der Waals surface area contributed by atoms with E-state index in [0.717, 1.165) is 20.1 Å². The first-order valence-electron chi connectivity index (χ1n) is 4.09. The molecule has 2 rings (SSSR count). The normalized spacial score (nSPS) is 13.1. The highest BCUT2D eigenvalue weighted by molar-refractivity contribution is 9.10. The fourth-order valence-electron chi connectivity index (χ4n) is 1.15. The first-order valence-corrected chi connectivity index (χ1v) is 6.64. The summed E-state index contributed by atoms with van der Waals surface area (Å²) in [5, 5.41) is 5.03. The van der Waals surface area contributed by atoms with Gasteiger partial charge in [0, 0.05) is 20.4 Å². The first kappa shape index (κ1) is 10.3. The van der Waals surface area contributed by atoms with Crippen LogP contribution in [-0.2, 0) is 0 Å². The SMILES string of the molecule is Cc1csc(C(N)c2sccc2Br)n1. The van der Waals surface area contributed by atoms with Gasteiger partial charge in [-0.3, -0.25) is 0 Å². The molecule has 2 nitrogen and oxygen atoms in total. The molecule has 0 aromatic carbocycles. The van der Waals surface area contributed by atoms with Gasteiger partial charge < -0.3 is 5.73 Å². The zero-order valence-electron chi connectivity index (χ0n) is 7.53. The molecule has 0 aliphatic carbocycles. The summed E-state index contributed by atoms with van der Waals surface area (Å²) in [4.78, 5) is 5.53. The lowest BCUT2D eigenvalue weighted by Crippen LogP contribution is -2.10. The van der Waals surface area contributed by atoms with E-state index >= 15 is 0 Å². The van der Waals surface area contributed by atoms with Crippen molar-refractivity contribution in [1.82, 2.24) is 4.98 Å². The third-order valence-electron chi connectivity index (χ3n) is 1.83. The van der Waals surface area contributed by atoms with Gasteiger partial charge in [0.25, 0.3) is 0 Å². The van der Waals surface area contributed by atoms with Crippen molar-refractivity contribution in [3.05, 3.63) is 36.9 Å². The zero-order chi connectivity index (χ0) is 10.1. The van der Waals surface area contributed by atoms with Crippen LogP contribution in [0.2, 0.25) is 0 Å². The molecule has 0 saturated carbocycles. The molecule has 2 aromatic heterocycles. The molecule has 0 aliphatic heterocycles. The second-order valence-electron chi connectivity index (χ2n) is 2.94. The van der Waals surface area contributed by atoms with Crippen molar-refractivity contribution in [3.8, 4) is 0 Å². The fourth-order valence-corrected chi connectivity index (χ4v) is 3.66. The fraction of sp³-hybridized carbons (Fsp3) is 0.222. The van der Waals surface area contributed by atoms with Gasteiger partial charge in [-0.1, -0.05) is 0 Å². The van der Waals surface area contributed by atoms with Gasteiger partial charge in [0.1, 0.15) is 5.01 Å². The van der Waals surface area contributed by atoms with E-state index in [1.165, 1.54) is 0 Å². The van der Waals surface area contributed by atoms with Crippen LogP contribution in [-0.4, -0.2) is 4.98 Å². The maximum Gasteiger partial charge on any atom is 0.115 e. The molecule has 74 valence electrons. The van der Waals surface area contributed by atoms with Crippen LogP contribution in [0.5, 0.6) is 0 Å². The van der Waals surface area contributed by atoms with Crippen LogP contribution in [0.25, 0.3) is 0 Å². The van der Waals surface area contributed by atoms with E-state index in [2.05, 4.69) is 20.9 Å². The third kappa shape index (κ3) is 1.91. The number of rotatable bonds is 2. The van der Waals surface area contributed by atoms with Gasteiger partial charge in [0.05, 0.1) is 6.04 Å². The lowest BCUT2D eigenvalue weighted by Gasteiger charge is -2.06. The van der Waals surface area contributed by atoms with Gasteiger partial charge in [0.2, 0.25) is 0 Å². The van der Waals surface area contributed by atoms with E-state index in [1.807, 2.05) is 23.8 Å². The Kier molecular flexibility index (Phi) is 3.02. The van der Waals surface area contributed by atoms with Crippen molar-refractivity contribution in [2.45, 2.75) is 13.0 Å². The number of aryl methyl sites for hydroxylation is 1. The zero-order valence-corrected chi connectivity index (χ0v) is 10.7. The molecular weight excluding hydrogens is 280 g/mol. The van der Waals surface area contributed by atoms with Crippen molar-refractivity contribution >= 4 is 38.6 Å². The van der Waals surface area contributed by atoms with Gasteiger partial charge >= 0.3 is 0 Å². The van der Waals surface area contributed by atoms with E-state index in [4.69, 9.17) is 5.73 Å². The van der Waals surface area contributed by atoms with Crippen LogP contribution in [0.3, 0.4) is 0 Å². The number of hydrogen-bond acceptors (Lipinski definition) is 4. The minimum absolute atomic E-state index is 0.0944. The summed E-state index contributed by atoms with van der Waals surface area (Å²) in [6.45, 7) is 1.98. The van der Waals surface area contributed by atoms with Gasteiger partial charge in [-0.2, -0.15) is 0 Å². The van der Waals surface area contributed by atoms with Gasteiger partial charge in [-0.15, -0.1) is 22.7 Å². The Bertz CT molecular complexity index is 435. The lowest BCUT2D eigenvalue weighted by molar-refractivity contribution is 0.868. The topological polar surface area (TPSA) is 38.9 Å². The van der Waals surface area contributed by atoms with Crippen LogP contribution >= 0.6 is 38.6 Å². The Morgan fingerprint density at radius 3 is 2.79 bits per heavy atom. The first-order chi connectivity index (χ1) is 6.68. The monoisotopic (exact) mass is 288 g/mol. The Hall–Kier alpha value is -0.230. The number of nitrogens with two attached hydrogens (primary N) is 1. The van der Waals surface area contributed by atoms with Crippen molar-refractivity contribution in [1.29, 1.82) is 0 Å². The number of halogens is 1. The van der Waals surface area contributed by atoms with Crippen LogP contribution in [0.15, 0.2) is 21.3 Å². The number of thiazole rings is 1. The van der Waals surface area contributed by atoms with Gasteiger partial charge in [0.15, 0.2) is 0 Å². The second-order valence-corrected chi connectivity index (χ2v) is 5.63. The molecule has 1 unspecified atom stereocenters. The highest BCUT2D eigenvalue weighted by Gasteiger charge is 2.16. The third-order valence-corrected chi connectivity index (χ3v) is 4.83. The molecule has 5 heteroatoms. The Morgan fingerprint density at radius 2 is 2.29 bits per heavy atom. The molecule has 0 spiro atoms. The molecule has 1 atom stereocenters. The molecule has 0 radical (unpaired) electrons. The predicted octanol–water partition coefficient (Wildman–Crippen LogP) is 3.32. The number of nitrogens with zero attached hydrogens (tertiary/aromatic N) is 1. The Labute approximate surface area is 98.9 Å². The van der Waals surface area contributed by atoms with Crippen molar-refractivity contribution in [3.63, 3.8) is 0 Å². The summed E-state index contributed by atoms with van der Waals surface area (Å²) < 4.78 is 1.07. The molecule has 0 aliphatic rings. The minimum Gasteiger partial charge on any atom is -0.318 e.